The fraction of sp³-hybridized carbons (Fsp3) is 1.00. The highest BCUT2D eigenvalue weighted by Crippen LogP contribution is 1.88. The predicted molar refractivity (Wildman–Crippen MR) is 27.3 cm³/mol. The highest BCUT2D eigenvalue weighted by atomic mass is 13.7. The quantitative estimate of drug-likeness (QED) is 0.474. The molecule has 0 aromatic carbocycles. The lowest BCUT2D eigenvalue weighted by Crippen LogP contribution is -1.59. The zero-order valence-electron chi connectivity index (χ0n) is 4.12. The van der Waals surface area contributed by atoms with Gasteiger partial charge in [-0.05, 0) is 0 Å². The van der Waals surface area contributed by atoms with Crippen LogP contribution in [0.4, 0.5) is 0 Å². The minimum absolute atomic E-state index is 0. The van der Waals surface area contributed by atoms with Crippen molar-refractivity contribution in [1.29, 1.82) is 0 Å². The van der Waals surface area contributed by atoms with Crippen molar-refractivity contribution < 1.29 is 1.43 Å². The van der Waals surface area contributed by atoms with Crippen LogP contribution >= 0.6 is 0 Å². The summed E-state index contributed by atoms with van der Waals surface area (Å²) in [6.45, 7) is 4.42. The molecule has 0 saturated carbocycles. The molecular formula is C5H14. The molecule has 0 amide bonds. The molecule has 0 unspecified atom stereocenters. The second kappa shape index (κ2) is 4.00. The third-order valence-corrected chi connectivity index (χ3v) is 0.707. The van der Waals surface area contributed by atoms with Gasteiger partial charge >= 0.3 is 0 Å². The average Bonchev–Trinajstić information content (AvgIpc) is 1.41. The standard InChI is InChI=1S/C5H12.H2/c1-3-5-4-2;/h3-5H2,1-2H3;1H/i;1+2. The molecule has 0 aromatic heterocycles. The Hall–Kier alpha value is 0. The van der Waals surface area contributed by atoms with Crippen molar-refractivity contribution in [2.75, 3.05) is 0 Å². The maximum absolute atomic E-state index is 2.21. The Morgan fingerprint density at radius 2 is 1.60 bits per heavy atom. The van der Waals surface area contributed by atoms with Crippen LogP contribution in [0.15, 0.2) is 0 Å². The van der Waals surface area contributed by atoms with Crippen molar-refractivity contribution in [2.45, 2.75) is 33.1 Å². The Kier molecular flexibility index (Phi) is 4.00. The van der Waals surface area contributed by atoms with Gasteiger partial charge in [0.15, 0.2) is 0 Å². The van der Waals surface area contributed by atoms with E-state index >= 15 is 0 Å². The number of rotatable bonds is 2. The molecule has 5 heavy (non-hydrogen) atoms. The first-order valence-electron chi connectivity index (χ1n) is 2.41. The second-order valence-corrected chi connectivity index (χ2v) is 1.35. The number of unbranched alkanes of at least 4 members (excludes halogenated alkanes) is 2. The van der Waals surface area contributed by atoms with Gasteiger partial charge in [-0.2, -0.15) is 0 Å². The first kappa shape index (κ1) is 5.00. The minimum Gasteiger partial charge on any atom is -0.0654 e. The van der Waals surface area contributed by atoms with Crippen molar-refractivity contribution >= 4 is 0 Å². The SMILES string of the molecule is CCCCC.[3HH]. The van der Waals surface area contributed by atoms with Crippen LogP contribution in [0.25, 0.3) is 0 Å². The van der Waals surface area contributed by atoms with Gasteiger partial charge in [-0.15, -0.1) is 0 Å². The van der Waals surface area contributed by atoms with Crippen LogP contribution in [-0.2, 0) is 0 Å². The maximum Gasteiger partial charge on any atom is 0 e. The van der Waals surface area contributed by atoms with E-state index in [1.54, 1.807) is 0 Å². The van der Waals surface area contributed by atoms with E-state index in [9.17, 15) is 0 Å². The molecule has 0 aromatic rings. The van der Waals surface area contributed by atoms with Crippen LogP contribution in [-0.4, -0.2) is 0 Å². The zero-order chi connectivity index (χ0) is 4.12. The first-order valence-corrected chi connectivity index (χ1v) is 2.41. The molecule has 0 nitrogen and oxygen atoms in total. The van der Waals surface area contributed by atoms with Crippen LogP contribution in [0, 0.1) is 0 Å². The molecule has 0 heteroatoms. The highest BCUT2D eigenvalue weighted by Gasteiger charge is 1.68. The third-order valence-electron chi connectivity index (χ3n) is 0.707. The van der Waals surface area contributed by atoms with E-state index in [4.69, 9.17) is 0 Å². The summed E-state index contributed by atoms with van der Waals surface area (Å²) in [5.74, 6) is 0. The average molecular weight is 76.2 g/mol. The lowest BCUT2D eigenvalue weighted by Gasteiger charge is -1.79. The zero-order valence-corrected chi connectivity index (χ0v) is 4.12. The molecule has 0 bridgehead atoms. The normalized spacial score (nSPS) is 8.40. The molecule has 0 fully saturated rings. The van der Waals surface area contributed by atoms with Crippen LogP contribution in [0.2, 0.25) is 0 Å². The van der Waals surface area contributed by atoms with Crippen molar-refractivity contribution in [1.82, 2.24) is 0 Å². The Labute approximate surface area is 35.7 Å². The van der Waals surface area contributed by atoms with E-state index in [0.29, 0.717) is 0 Å². The molecule has 0 atom stereocenters. The lowest BCUT2D eigenvalue weighted by atomic mass is 10.3. The van der Waals surface area contributed by atoms with Crippen LogP contribution < -0.4 is 0 Å². The van der Waals surface area contributed by atoms with Crippen molar-refractivity contribution in [3.05, 3.63) is 0 Å². The monoisotopic (exact) mass is 76.1 g/mol. The molecule has 0 spiro atoms. The summed E-state index contributed by atoms with van der Waals surface area (Å²) >= 11 is 0. The minimum atomic E-state index is 0. The molecule has 0 aliphatic rings. The van der Waals surface area contributed by atoms with E-state index in [0.717, 1.165) is 0 Å². The van der Waals surface area contributed by atoms with E-state index in [2.05, 4.69) is 13.8 Å². The Bertz CT molecular complexity index is 11.4. The predicted octanol–water partition coefficient (Wildman–Crippen LogP) is 2.44. The van der Waals surface area contributed by atoms with E-state index in [1.165, 1.54) is 19.3 Å². The van der Waals surface area contributed by atoms with Crippen molar-refractivity contribution in [3.63, 3.8) is 0 Å². The first-order chi connectivity index (χ1) is 2.41. The summed E-state index contributed by atoms with van der Waals surface area (Å²) in [6, 6.07) is 0. The summed E-state index contributed by atoms with van der Waals surface area (Å²) in [5, 5.41) is 0. The van der Waals surface area contributed by atoms with E-state index in [-0.39, 0.29) is 1.43 Å². The lowest BCUT2D eigenvalue weighted by molar-refractivity contribution is 0.772. The molecule has 0 rings (SSSR count). The van der Waals surface area contributed by atoms with Gasteiger partial charge in [-0.3, -0.25) is 0 Å². The smallest absolute Gasteiger partial charge is 0 e. The fourth-order valence-electron chi connectivity index (χ4n) is 0.354. The second-order valence-electron chi connectivity index (χ2n) is 1.35. The summed E-state index contributed by atoms with van der Waals surface area (Å²) in [4.78, 5) is 0. The summed E-state index contributed by atoms with van der Waals surface area (Å²) in [5.41, 5.74) is 0. The van der Waals surface area contributed by atoms with Crippen LogP contribution in [0.5, 0.6) is 0 Å². The third kappa shape index (κ3) is 4.00. The van der Waals surface area contributed by atoms with Gasteiger partial charge in [-0.25, -0.2) is 0 Å². The molecule has 0 aliphatic carbocycles. The summed E-state index contributed by atoms with van der Waals surface area (Å²) in [7, 11) is 0. The van der Waals surface area contributed by atoms with Gasteiger partial charge in [0.2, 0.25) is 0 Å². The van der Waals surface area contributed by atoms with E-state index in [1.807, 2.05) is 0 Å². The largest absolute Gasteiger partial charge is 0.0654 e. The Morgan fingerprint density at radius 3 is 1.60 bits per heavy atom. The van der Waals surface area contributed by atoms with E-state index < -0.39 is 0 Å². The summed E-state index contributed by atoms with van der Waals surface area (Å²) in [6.07, 6.45) is 4.08. The molecule has 34 valence electrons. The topological polar surface area (TPSA) is 0 Å². The van der Waals surface area contributed by atoms with Gasteiger partial charge < -0.3 is 0 Å². The van der Waals surface area contributed by atoms with Gasteiger partial charge in [-0.1, -0.05) is 33.1 Å². The van der Waals surface area contributed by atoms with Gasteiger partial charge in [0.25, 0.3) is 0 Å². The van der Waals surface area contributed by atoms with Crippen molar-refractivity contribution in [3.8, 4) is 0 Å². The fourth-order valence-corrected chi connectivity index (χ4v) is 0.354. The molecule has 0 aliphatic heterocycles. The van der Waals surface area contributed by atoms with Gasteiger partial charge in [0.05, 0.1) is 0 Å². The Morgan fingerprint density at radius 1 is 1.20 bits per heavy atom. The summed E-state index contributed by atoms with van der Waals surface area (Å²) < 4.78 is 0. The highest BCUT2D eigenvalue weighted by molar-refractivity contribution is 4.24. The van der Waals surface area contributed by atoms with Crippen LogP contribution in [0.3, 0.4) is 0 Å². The molecule has 0 heterocycles. The maximum atomic E-state index is 2.21. The molecular weight excluding hydrogens is 60.1 g/mol. The number of hydrogen-bond acceptors (Lipinski definition) is 0. The Balaban J connectivity index is 0. The molecule has 0 radical (unpaired) electrons. The van der Waals surface area contributed by atoms with Gasteiger partial charge in [0.1, 0.15) is 0 Å². The molecule has 0 N–H and O–H groups in total. The van der Waals surface area contributed by atoms with Crippen LogP contribution in [0.1, 0.15) is 34.5 Å². The van der Waals surface area contributed by atoms with Gasteiger partial charge in [0, 0.05) is 1.43 Å². The molecule has 0 saturated heterocycles. The number of hydrogen-bond donors (Lipinski definition) is 0. The van der Waals surface area contributed by atoms with Crippen molar-refractivity contribution in [2.24, 2.45) is 0 Å².